The Balaban J connectivity index is 2.52. The van der Waals surface area contributed by atoms with Crippen molar-refractivity contribution in [2.45, 2.75) is 46.8 Å². The molecule has 0 saturated heterocycles. The highest BCUT2D eigenvalue weighted by Gasteiger charge is 2.06. The first-order chi connectivity index (χ1) is 9.04. The largest absolute Gasteiger partial charge is 0.491 e. The Morgan fingerprint density at radius 2 is 1.89 bits per heavy atom. The summed E-state index contributed by atoms with van der Waals surface area (Å²) in [6.45, 7) is 12.6. The molecule has 1 rings (SSSR count). The van der Waals surface area contributed by atoms with Gasteiger partial charge in [-0.2, -0.15) is 0 Å². The molecule has 0 saturated carbocycles. The number of nitrogens with one attached hydrogen (secondary N) is 1. The van der Waals surface area contributed by atoms with Crippen LogP contribution in [0.1, 0.15) is 44.9 Å². The van der Waals surface area contributed by atoms with E-state index in [1.54, 1.807) is 0 Å². The van der Waals surface area contributed by atoms with E-state index in [1.807, 2.05) is 19.9 Å². The summed E-state index contributed by atoms with van der Waals surface area (Å²) in [5, 5.41) is 3.41. The van der Waals surface area contributed by atoms with Crippen LogP contribution in [-0.4, -0.2) is 25.9 Å². The molecule has 0 fully saturated rings. The van der Waals surface area contributed by atoms with E-state index >= 15 is 0 Å². The van der Waals surface area contributed by atoms with E-state index in [1.165, 1.54) is 11.1 Å². The molecule has 0 aromatic heterocycles. The summed E-state index contributed by atoms with van der Waals surface area (Å²) < 4.78 is 11.2. The summed E-state index contributed by atoms with van der Waals surface area (Å²) in [6.07, 6.45) is 0.257. The van der Waals surface area contributed by atoms with Crippen LogP contribution in [0.25, 0.3) is 0 Å². The van der Waals surface area contributed by atoms with Crippen molar-refractivity contribution in [1.82, 2.24) is 5.32 Å². The first-order valence-corrected chi connectivity index (χ1v) is 7.13. The molecule has 0 radical (unpaired) electrons. The monoisotopic (exact) mass is 265 g/mol. The van der Waals surface area contributed by atoms with Gasteiger partial charge in [0.05, 0.1) is 12.7 Å². The van der Waals surface area contributed by atoms with E-state index in [9.17, 15) is 0 Å². The Morgan fingerprint density at radius 3 is 2.47 bits per heavy atom. The molecule has 3 heteroatoms. The predicted octanol–water partition coefficient (Wildman–Crippen LogP) is 3.47. The van der Waals surface area contributed by atoms with Crippen LogP contribution in [0.2, 0.25) is 0 Å². The molecule has 0 aliphatic rings. The smallest absolute Gasteiger partial charge is 0.122 e. The number of hydrogen-bond acceptors (Lipinski definition) is 3. The maximum Gasteiger partial charge on any atom is 0.122 e. The molecule has 0 aliphatic heterocycles. The minimum atomic E-state index is 0.257. The Kier molecular flexibility index (Phi) is 6.89. The molecule has 1 N–H and O–H groups in total. The van der Waals surface area contributed by atoms with Crippen molar-refractivity contribution in [3.8, 4) is 5.75 Å². The van der Waals surface area contributed by atoms with Crippen molar-refractivity contribution in [3.05, 3.63) is 29.3 Å². The van der Waals surface area contributed by atoms with Crippen LogP contribution < -0.4 is 10.1 Å². The number of rotatable bonds is 8. The lowest BCUT2D eigenvalue weighted by Crippen LogP contribution is -2.17. The van der Waals surface area contributed by atoms with Crippen LogP contribution in [0.3, 0.4) is 0 Å². The van der Waals surface area contributed by atoms with Crippen molar-refractivity contribution in [2.75, 3.05) is 19.8 Å². The maximum absolute atomic E-state index is 5.74. The van der Waals surface area contributed by atoms with E-state index in [-0.39, 0.29) is 6.10 Å². The fourth-order valence-corrected chi connectivity index (χ4v) is 1.96. The van der Waals surface area contributed by atoms with Crippen LogP contribution in [0.5, 0.6) is 5.75 Å². The van der Waals surface area contributed by atoms with E-state index in [4.69, 9.17) is 9.47 Å². The molecule has 0 amide bonds. The van der Waals surface area contributed by atoms with Crippen molar-refractivity contribution >= 4 is 0 Å². The summed E-state index contributed by atoms with van der Waals surface area (Å²) in [6, 6.07) is 6.74. The molecular formula is C16H27NO2. The lowest BCUT2D eigenvalue weighted by atomic mass is 10.1. The van der Waals surface area contributed by atoms with Crippen LogP contribution in [-0.2, 0) is 4.74 Å². The molecule has 0 heterocycles. The summed E-state index contributed by atoms with van der Waals surface area (Å²) in [7, 11) is 0. The number of aryl methyl sites for hydroxylation is 1. The van der Waals surface area contributed by atoms with Gasteiger partial charge < -0.3 is 14.8 Å². The Bertz CT molecular complexity index is 377. The normalized spacial score (nSPS) is 12.7. The molecule has 1 aromatic rings. The third-order valence-electron chi connectivity index (χ3n) is 3.00. The third-order valence-corrected chi connectivity index (χ3v) is 3.00. The van der Waals surface area contributed by atoms with Gasteiger partial charge in [-0.15, -0.1) is 0 Å². The van der Waals surface area contributed by atoms with Gasteiger partial charge in [-0.1, -0.05) is 19.1 Å². The molecule has 108 valence electrons. The molecule has 0 aliphatic carbocycles. The van der Waals surface area contributed by atoms with Gasteiger partial charge >= 0.3 is 0 Å². The number of hydrogen-bond donors (Lipinski definition) is 1. The molecule has 3 nitrogen and oxygen atoms in total. The average molecular weight is 265 g/mol. The standard InChI is InChI=1S/C16H27NO2/c1-6-17-14(5)15-7-8-16(13(4)11-15)19-10-9-18-12(2)3/h7-8,11-12,14,17H,6,9-10H2,1-5H3. The second-order valence-corrected chi connectivity index (χ2v) is 5.07. The molecule has 0 bridgehead atoms. The fourth-order valence-electron chi connectivity index (χ4n) is 1.96. The Labute approximate surface area is 117 Å². The first kappa shape index (κ1) is 16.0. The highest BCUT2D eigenvalue weighted by atomic mass is 16.5. The first-order valence-electron chi connectivity index (χ1n) is 7.13. The molecule has 1 aromatic carbocycles. The maximum atomic E-state index is 5.74. The summed E-state index contributed by atoms with van der Waals surface area (Å²) in [5.74, 6) is 0.944. The van der Waals surface area contributed by atoms with Crippen molar-refractivity contribution < 1.29 is 9.47 Å². The Hall–Kier alpha value is -1.06. The van der Waals surface area contributed by atoms with Crippen molar-refractivity contribution in [2.24, 2.45) is 0 Å². The van der Waals surface area contributed by atoms with Gasteiger partial charge in [0.25, 0.3) is 0 Å². The van der Waals surface area contributed by atoms with Crippen LogP contribution in [0.4, 0.5) is 0 Å². The van der Waals surface area contributed by atoms with E-state index in [0.29, 0.717) is 19.3 Å². The topological polar surface area (TPSA) is 30.5 Å². The molecule has 19 heavy (non-hydrogen) atoms. The minimum absolute atomic E-state index is 0.257. The van der Waals surface area contributed by atoms with Crippen molar-refractivity contribution in [1.29, 1.82) is 0 Å². The number of benzene rings is 1. The van der Waals surface area contributed by atoms with Gasteiger partial charge in [-0.3, -0.25) is 0 Å². The number of ether oxygens (including phenoxy) is 2. The zero-order valence-electron chi connectivity index (χ0n) is 12.8. The van der Waals surface area contributed by atoms with Crippen molar-refractivity contribution in [3.63, 3.8) is 0 Å². The van der Waals surface area contributed by atoms with Gasteiger partial charge in [0, 0.05) is 6.04 Å². The van der Waals surface area contributed by atoms with E-state index in [2.05, 4.69) is 38.2 Å². The molecular weight excluding hydrogens is 238 g/mol. The lowest BCUT2D eigenvalue weighted by molar-refractivity contribution is 0.0551. The zero-order chi connectivity index (χ0) is 14.3. The highest BCUT2D eigenvalue weighted by Crippen LogP contribution is 2.22. The SMILES string of the molecule is CCNC(C)c1ccc(OCCOC(C)C)c(C)c1. The van der Waals surface area contributed by atoms with Crippen LogP contribution >= 0.6 is 0 Å². The van der Waals surface area contributed by atoms with Crippen LogP contribution in [0, 0.1) is 6.92 Å². The third kappa shape index (κ3) is 5.62. The summed E-state index contributed by atoms with van der Waals surface area (Å²) in [5.41, 5.74) is 2.47. The van der Waals surface area contributed by atoms with Crippen LogP contribution in [0.15, 0.2) is 18.2 Å². The quantitative estimate of drug-likeness (QED) is 0.730. The van der Waals surface area contributed by atoms with Gasteiger partial charge in [0.2, 0.25) is 0 Å². The fraction of sp³-hybridized carbons (Fsp3) is 0.625. The molecule has 1 unspecified atom stereocenters. The zero-order valence-corrected chi connectivity index (χ0v) is 12.8. The second-order valence-electron chi connectivity index (χ2n) is 5.07. The lowest BCUT2D eigenvalue weighted by Gasteiger charge is -2.16. The molecule has 1 atom stereocenters. The predicted molar refractivity (Wildman–Crippen MR) is 79.9 cm³/mol. The highest BCUT2D eigenvalue weighted by molar-refractivity contribution is 5.37. The molecule has 0 spiro atoms. The average Bonchev–Trinajstić information content (AvgIpc) is 2.36. The van der Waals surface area contributed by atoms with Gasteiger partial charge in [-0.25, -0.2) is 0 Å². The van der Waals surface area contributed by atoms with Gasteiger partial charge in [0.15, 0.2) is 0 Å². The van der Waals surface area contributed by atoms with E-state index in [0.717, 1.165) is 12.3 Å². The summed E-state index contributed by atoms with van der Waals surface area (Å²) >= 11 is 0. The van der Waals surface area contributed by atoms with Gasteiger partial charge in [0.1, 0.15) is 12.4 Å². The van der Waals surface area contributed by atoms with E-state index < -0.39 is 0 Å². The second kappa shape index (κ2) is 8.18. The minimum Gasteiger partial charge on any atom is -0.491 e. The summed E-state index contributed by atoms with van der Waals surface area (Å²) in [4.78, 5) is 0. The Morgan fingerprint density at radius 1 is 1.16 bits per heavy atom. The van der Waals surface area contributed by atoms with Gasteiger partial charge in [-0.05, 0) is 51.4 Å².